The Hall–Kier alpha value is -5.40. The largest absolute Gasteiger partial charge is 0.310 e. The van der Waals surface area contributed by atoms with Crippen LogP contribution >= 0.6 is 0 Å². The lowest BCUT2D eigenvalue weighted by Gasteiger charge is -2.61. The molecule has 4 bridgehead atoms. The Bertz CT molecular complexity index is 2720. The molecule has 2 spiro atoms. The van der Waals surface area contributed by atoms with Crippen molar-refractivity contribution < 1.29 is 0 Å². The van der Waals surface area contributed by atoms with Crippen LogP contribution in [0.1, 0.15) is 80.0 Å². The first-order valence-corrected chi connectivity index (χ1v) is 21.6. The predicted molar refractivity (Wildman–Crippen MR) is 232 cm³/mol. The standard InChI is InChI=1S/C55H47N/c1-2-12-38-32-40(22-21-37(38)11-1)39-13-9-14-43(33-39)56(44-23-24-46-45-15-3-5-17-48(45)54(51(46)34-44)25-7-8-26-54)52-20-10-19-50-53(52)47-16-4-6-18-49(47)55(50)41-28-35-27-36(30-41)31-42(55)29-35/h1-6,9-24,32-36,41-42H,7-8,25-31H2. The van der Waals surface area contributed by atoms with E-state index in [9.17, 15) is 0 Å². The summed E-state index contributed by atoms with van der Waals surface area (Å²) in [6.45, 7) is 0. The molecule has 0 unspecified atom stereocenters. The molecule has 0 saturated heterocycles. The summed E-state index contributed by atoms with van der Waals surface area (Å²) in [5, 5.41) is 2.57. The van der Waals surface area contributed by atoms with Gasteiger partial charge in [-0.1, -0.05) is 128 Å². The summed E-state index contributed by atoms with van der Waals surface area (Å²) in [5.74, 6) is 3.33. The fourth-order valence-electron chi connectivity index (χ4n) is 14.1. The highest BCUT2D eigenvalue weighted by Crippen LogP contribution is 2.70. The maximum absolute atomic E-state index is 2.65. The Morgan fingerprint density at radius 2 is 1.07 bits per heavy atom. The Morgan fingerprint density at radius 3 is 1.89 bits per heavy atom. The molecule has 1 nitrogen and oxygen atoms in total. The third-order valence-corrected chi connectivity index (χ3v) is 16.0. The van der Waals surface area contributed by atoms with E-state index in [4.69, 9.17) is 0 Å². The van der Waals surface area contributed by atoms with Gasteiger partial charge in [0.25, 0.3) is 0 Å². The van der Waals surface area contributed by atoms with Crippen molar-refractivity contribution in [2.24, 2.45) is 23.7 Å². The summed E-state index contributed by atoms with van der Waals surface area (Å²) in [6, 6.07) is 58.9. The van der Waals surface area contributed by atoms with Crippen molar-refractivity contribution in [1.82, 2.24) is 0 Å². The molecule has 7 aromatic rings. The molecule has 7 aromatic carbocycles. The van der Waals surface area contributed by atoms with E-state index in [0.717, 1.165) is 23.7 Å². The summed E-state index contributed by atoms with van der Waals surface area (Å²) in [5.41, 5.74) is 18.7. The van der Waals surface area contributed by atoms with Crippen LogP contribution in [-0.4, -0.2) is 0 Å². The van der Waals surface area contributed by atoms with Crippen molar-refractivity contribution in [3.63, 3.8) is 0 Å². The van der Waals surface area contributed by atoms with Crippen molar-refractivity contribution in [2.45, 2.75) is 68.6 Å². The quantitative estimate of drug-likeness (QED) is 0.175. The number of fused-ring (bicyclic) bond motifs is 9. The summed E-state index contributed by atoms with van der Waals surface area (Å²) in [4.78, 5) is 2.65. The first-order valence-electron chi connectivity index (χ1n) is 21.6. The molecule has 0 aliphatic heterocycles. The van der Waals surface area contributed by atoms with Crippen LogP contribution in [0.3, 0.4) is 0 Å². The minimum absolute atomic E-state index is 0.107. The van der Waals surface area contributed by atoms with E-state index >= 15 is 0 Å². The molecule has 7 aliphatic rings. The van der Waals surface area contributed by atoms with E-state index in [1.165, 1.54) is 125 Å². The summed E-state index contributed by atoms with van der Waals surface area (Å²) in [7, 11) is 0. The molecule has 56 heavy (non-hydrogen) atoms. The van der Waals surface area contributed by atoms with E-state index in [1.54, 1.807) is 16.7 Å². The highest BCUT2D eigenvalue weighted by molar-refractivity contribution is 5.97. The second-order valence-corrected chi connectivity index (χ2v) is 18.4. The average Bonchev–Trinajstić information content (AvgIpc) is 3.93. The number of nitrogens with zero attached hydrogens (tertiary/aromatic N) is 1. The van der Waals surface area contributed by atoms with Crippen LogP contribution in [0.5, 0.6) is 0 Å². The molecule has 14 rings (SSSR count). The zero-order chi connectivity index (χ0) is 36.6. The summed E-state index contributed by atoms with van der Waals surface area (Å²) >= 11 is 0. The SMILES string of the molecule is c1cc(-c2ccc3ccccc3c2)cc(N(c2ccc3c(c2)C2(CCCC2)c2ccccc2-3)c2cccc3c2-c2ccccc2C32C3CC4CC(C3)CC2C4)c1. The van der Waals surface area contributed by atoms with Gasteiger partial charge in [0, 0.05) is 27.8 Å². The van der Waals surface area contributed by atoms with E-state index in [0.29, 0.717) is 0 Å². The Morgan fingerprint density at radius 1 is 0.429 bits per heavy atom. The molecule has 0 atom stereocenters. The second-order valence-electron chi connectivity index (χ2n) is 18.4. The molecule has 0 N–H and O–H groups in total. The third-order valence-electron chi connectivity index (χ3n) is 16.0. The Kier molecular flexibility index (Phi) is 6.57. The number of hydrogen-bond donors (Lipinski definition) is 0. The second kappa shape index (κ2) is 11.6. The van der Waals surface area contributed by atoms with Gasteiger partial charge in [-0.05, 0) is 166 Å². The van der Waals surface area contributed by atoms with Crippen molar-refractivity contribution in [1.29, 1.82) is 0 Å². The first-order chi connectivity index (χ1) is 27.7. The minimum atomic E-state index is 0.107. The fourth-order valence-corrected chi connectivity index (χ4v) is 14.1. The fraction of sp³-hybridized carbons (Fsp3) is 0.273. The van der Waals surface area contributed by atoms with Crippen LogP contribution in [0.2, 0.25) is 0 Å². The Labute approximate surface area is 331 Å². The molecular formula is C55H47N. The maximum atomic E-state index is 2.65. The maximum Gasteiger partial charge on any atom is 0.0543 e. The molecule has 0 heterocycles. The van der Waals surface area contributed by atoms with Crippen LogP contribution in [0.4, 0.5) is 17.1 Å². The third kappa shape index (κ3) is 4.16. The van der Waals surface area contributed by atoms with Gasteiger partial charge in [-0.25, -0.2) is 0 Å². The zero-order valence-corrected chi connectivity index (χ0v) is 32.1. The van der Waals surface area contributed by atoms with Gasteiger partial charge in [-0.3, -0.25) is 0 Å². The summed E-state index contributed by atoms with van der Waals surface area (Å²) < 4.78 is 0. The van der Waals surface area contributed by atoms with Crippen LogP contribution in [0, 0.1) is 23.7 Å². The van der Waals surface area contributed by atoms with Crippen LogP contribution in [0.25, 0.3) is 44.2 Å². The smallest absolute Gasteiger partial charge is 0.0543 e. The predicted octanol–water partition coefficient (Wildman–Crippen LogP) is 14.5. The van der Waals surface area contributed by atoms with Gasteiger partial charge >= 0.3 is 0 Å². The molecule has 0 aromatic heterocycles. The summed E-state index contributed by atoms with van der Waals surface area (Å²) in [6.07, 6.45) is 12.1. The molecular weight excluding hydrogens is 675 g/mol. The van der Waals surface area contributed by atoms with Crippen molar-refractivity contribution in [3.8, 4) is 33.4 Å². The van der Waals surface area contributed by atoms with Gasteiger partial charge in [0.2, 0.25) is 0 Å². The van der Waals surface area contributed by atoms with Gasteiger partial charge in [-0.15, -0.1) is 0 Å². The van der Waals surface area contributed by atoms with Crippen molar-refractivity contribution in [3.05, 3.63) is 174 Å². The van der Waals surface area contributed by atoms with E-state index in [-0.39, 0.29) is 10.8 Å². The normalized spacial score (nSPS) is 25.4. The topological polar surface area (TPSA) is 3.24 Å². The monoisotopic (exact) mass is 721 g/mol. The van der Waals surface area contributed by atoms with Gasteiger partial charge in [0.1, 0.15) is 0 Å². The van der Waals surface area contributed by atoms with Crippen molar-refractivity contribution in [2.75, 3.05) is 4.90 Å². The highest BCUT2D eigenvalue weighted by Gasteiger charge is 2.62. The van der Waals surface area contributed by atoms with Crippen molar-refractivity contribution >= 4 is 27.8 Å². The molecule has 5 fully saturated rings. The zero-order valence-electron chi connectivity index (χ0n) is 32.1. The number of rotatable bonds is 4. The van der Waals surface area contributed by atoms with Gasteiger partial charge in [-0.2, -0.15) is 0 Å². The molecule has 272 valence electrons. The molecule has 0 amide bonds. The van der Waals surface area contributed by atoms with Crippen LogP contribution < -0.4 is 4.90 Å². The van der Waals surface area contributed by atoms with Gasteiger partial charge < -0.3 is 4.90 Å². The lowest BCUT2D eigenvalue weighted by molar-refractivity contribution is -0.0399. The van der Waals surface area contributed by atoms with E-state index in [1.807, 2.05) is 0 Å². The number of anilines is 3. The van der Waals surface area contributed by atoms with E-state index < -0.39 is 0 Å². The Balaban J connectivity index is 1.05. The van der Waals surface area contributed by atoms with Crippen LogP contribution in [-0.2, 0) is 10.8 Å². The minimum Gasteiger partial charge on any atom is -0.310 e. The number of hydrogen-bond acceptors (Lipinski definition) is 1. The van der Waals surface area contributed by atoms with Crippen LogP contribution in [0.15, 0.2) is 152 Å². The van der Waals surface area contributed by atoms with Gasteiger partial charge in [0.05, 0.1) is 5.69 Å². The molecule has 0 radical (unpaired) electrons. The highest BCUT2D eigenvalue weighted by atomic mass is 15.1. The molecule has 7 aliphatic carbocycles. The average molecular weight is 722 g/mol. The lowest BCUT2D eigenvalue weighted by Crippen LogP contribution is -2.55. The number of benzene rings is 7. The van der Waals surface area contributed by atoms with E-state index in [2.05, 4.69) is 157 Å². The molecule has 5 saturated carbocycles. The van der Waals surface area contributed by atoms with Gasteiger partial charge in [0.15, 0.2) is 0 Å². The first kappa shape index (κ1) is 31.8. The molecule has 1 heteroatoms. The lowest BCUT2D eigenvalue weighted by atomic mass is 9.43.